The number of amidine groups is 1. The number of pyridine rings is 1. The molecule has 0 aromatic carbocycles. The molecule has 0 bridgehead atoms. The van der Waals surface area contributed by atoms with E-state index in [2.05, 4.69) is 14.7 Å². The summed E-state index contributed by atoms with van der Waals surface area (Å²) in [5, 5.41) is 3.04. The molecule has 7 nitrogen and oxygen atoms in total. The Kier molecular flexibility index (Phi) is 3.71. The zero-order valence-electron chi connectivity index (χ0n) is 11.2. The van der Waals surface area contributed by atoms with Gasteiger partial charge >= 0.3 is 0 Å². The monoisotopic (exact) mass is 338 g/mol. The number of fused-ring (bicyclic) bond motifs is 1. The maximum atomic E-state index is 12.3. The number of hydrogen-bond donors (Lipinski definition) is 1. The second-order valence-electron chi connectivity index (χ2n) is 4.63. The highest BCUT2D eigenvalue weighted by Crippen LogP contribution is 2.19. The van der Waals surface area contributed by atoms with Gasteiger partial charge in [-0.05, 0) is 24.3 Å². The van der Waals surface area contributed by atoms with Gasteiger partial charge in [-0.25, -0.2) is 13.4 Å². The lowest BCUT2D eigenvalue weighted by Gasteiger charge is -2.28. The molecule has 0 fully saturated rings. The predicted octanol–water partition coefficient (Wildman–Crippen LogP) is 1.17. The summed E-state index contributed by atoms with van der Waals surface area (Å²) in [6.07, 6.45) is 6.27. The van der Waals surface area contributed by atoms with Crippen LogP contribution < -0.4 is 5.32 Å². The Morgan fingerprint density at radius 2 is 2.18 bits per heavy atom. The van der Waals surface area contributed by atoms with Gasteiger partial charge in [0.2, 0.25) is 0 Å². The van der Waals surface area contributed by atoms with Gasteiger partial charge in [0.15, 0.2) is 5.84 Å². The van der Waals surface area contributed by atoms with Gasteiger partial charge in [0.1, 0.15) is 5.82 Å². The molecule has 2 aliphatic rings. The summed E-state index contributed by atoms with van der Waals surface area (Å²) >= 11 is 5.73. The van der Waals surface area contributed by atoms with Crippen molar-refractivity contribution in [1.82, 2.24) is 9.88 Å². The van der Waals surface area contributed by atoms with Crippen LogP contribution in [0.3, 0.4) is 0 Å². The maximum Gasteiger partial charge on any atom is 0.260 e. The minimum Gasteiger partial charge on any atom is -0.331 e. The minimum absolute atomic E-state index is 0.0749. The molecule has 0 radical (unpaired) electrons. The van der Waals surface area contributed by atoms with Gasteiger partial charge < -0.3 is 10.2 Å². The van der Waals surface area contributed by atoms with Crippen LogP contribution in [0.1, 0.15) is 0 Å². The van der Waals surface area contributed by atoms with Gasteiger partial charge in [0.05, 0.1) is 16.3 Å². The van der Waals surface area contributed by atoms with E-state index in [1.807, 2.05) is 0 Å². The van der Waals surface area contributed by atoms with E-state index in [4.69, 9.17) is 11.6 Å². The Balaban J connectivity index is 1.88. The standard InChI is InChI=1S/C13H11ClN4O3S/c14-9-3-4-11(15-8-9)16-13(19)10-2-1-5-18-6-7-22(20,21)17-12(10)18/h1-5,8H,6-7H2,(H,15,16,19). The molecule has 3 heterocycles. The summed E-state index contributed by atoms with van der Waals surface area (Å²) in [6, 6.07) is 3.14. The first-order valence-corrected chi connectivity index (χ1v) is 8.34. The highest BCUT2D eigenvalue weighted by atomic mass is 35.5. The molecule has 0 aliphatic carbocycles. The normalized spacial score (nSPS) is 19.0. The van der Waals surface area contributed by atoms with Gasteiger partial charge in [0, 0.05) is 18.9 Å². The Hall–Kier alpha value is -2.19. The molecule has 1 N–H and O–H groups in total. The molecule has 0 saturated heterocycles. The number of anilines is 1. The minimum atomic E-state index is -3.54. The number of rotatable bonds is 2. The highest BCUT2D eigenvalue weighted by Gasteiger charge is 2.30. The predicted molar refractivity (Wildman–Crippen MR) is 83.0 cm³/mol. The van der Waals surface area contributed by atoms with Crippen LogP contribution >= 0.6 is 11.6 Å². The van der Waals surface area contributed by atoms with Crippen molar-refractivity contribution in [1.29, 1.82) is 0 Å². The molecule has 1 amide bonds. The van der Waals surface area contributed by atoms with E-state index in [0.29, 0.717) is 10.8 Å². The van der Waals surface area contributed by atoms with Crippen LogP contribution in [0, 0.1) is 0 Å². The van der Waals surface area contributed by atoms with Gasteiger partial charge in [-0.15, -0.1) is 4.40 Å². The number of amides is 1. The zero-order valence-corrected chi connectivity index (χ0v) is 12.8. The molecular weight excluding hydrogens is 328 g/mol. The van der Waals surface area contributed by atoms with E-state index >= 15 is 0 Å². The molecule has 0 unspecified atom stereocenters. The van der Waals surface area contributed by atoms with Crippen molar-refractivity contribution in [3.8, 4) is 0 Å². The van der Waals surface area contributed by atoms with Crippen LogP contribution in [0.5, 0.6) is 0 Å². The number of carbonyl (C=O) groups is 1. The fourth-order valence-electron chi connectivity index (χ4n) is 2.03. The fraction of sp³-hybridized carbons (Fsp3) is 0.154. The fourth-order valence-corrected chi connectivity index (χ4v) is 3.12. The number of carbonyl (C=O) groups excluding carboxylic acids is 1. The smallest absolute Gasteiger partial charge is 0.260 e. The van der Waals surface area contributed by atoms with Crippen LogP contribution in [0.15, 0.2) is 46.7 Å². The third-order valence-electron chi connectivity index (χ3n) is 3.07. The number of hydrogen-bond acceptors (Lipinski definition) is 5. The second kappa shape index (κ2) is 5.54. The lowest BCUT2D eigenvalue weighted by atomic mass is 10.1. The molecule has 0 spiro atoms. The van der Waals surface area contributed by atoms with E-state index < -0.39 is 15.9 Å². The Morgan fingerprint density at radius 3 is 2.91 bits per heavy atom. The maximum absolute atomic E-state index is 12.3. The first-order valence-electron chi connectivity index (χ1n) is 6.36. The van der Waals surface area contributed by atoms with Crippen molar-refractivity contribution < 1.29 is 13.2 Å². The lowest BCUT2D eigenvalue weighted by Crippen LogP contribution is -2.40. The second-order valence-corrected chi connectivity index (χ2v) is 6.82. The third kappa shape index (κ3) is 3.02. The van der Waals surface area contributed by atoms with Gasteiger partial charge in [-0.2, -0.15) is 0 Å². The summed E-state index contributed by atoms with van der Waals surface area (Å²) in [7, 11) is -3.54. The van der Waals surface area contributed by atoms with Gasteiger partial charge in [-0.3, -0.25) is 4.79 Å². The van der Waals surface area contributed by atoms with Gasteiger partial charge in [-0.1, -0.05) is 11.6 Å². The lowest BCUT2D eigenvalue weighted by molar-refractivity contribution is -0.112. The summed E-state index contributed by atoms with van der Waals surface area (Å²) in [6.45, 7) is 0.265. The van der Waals surface area contributed by atoms with Crippen molar-refractivity contribution in [3.63, 3.8) is 0 Å². The molecule has 0 saturated carbocycles. The summed E-state index contributed by atoms with van der Waals surface area (Å²) in [5.74, 6) is -0.120. The number of nitrogens with one attached hydrogen (secondary N) is 1. The topological polar surface area (TPSA) is 91.7 Å². The quantitative estimate of drug-likeness (QED) is 0.874. The van der Waals surface area contributed by atoms with Crippen LogP contribution in [0.2, 0.25) is 5.02 Å². The molecule has 1 aromatic heterocycles. The van der Waals surface area contributed by atoms with E-state index in [-0.39, 0.29) is 23.7 Å². The van der Waals surface area contributed by atoms with Crippen LogP contribution in [0.4, 0.5) is 5.82 Å². The number of nitrogens with zero attached hydrogens (tertiary/aromatic N) is 3. The number of allylic oxidation sites excluding steroid dienone is 2. The van der Waals surface area contributed by atoms with Crippen molar-refractivity contribution >= 4 is 39.2 Å². The molecule has 114 valence electrons. The average Bonchev–Trinajstić information content (AvgIpc) is 2.48. The van der Waals surface area contributed by atoms with Crippen LogP contribution in [0.25, 0.3) is 0 Å². The van der Waals surface area contributed by atoms with E-state index in [9.17, 15) is 13.2 Å². The Morgan fingerprint density at radius 1 is 1.36 bits per heavy atom. The molecular formula is C13H11ClN4O3S. The highest BCUT2D eigenvalue weighted by molar-refractivity contribution is 7.90. The summed E-state index contributed by atoms with van der Waals surface area (Å²) in [5.41, 5.74) is 0.169. The van der Waals surface area contributed by atoms with Crippen LogP contribution in [-0.2, 0) is 14.8 Å². The van der Waals surface area contributed by atoms with E-state index in [1.54, 1.807) is 29.3 Å². The van der Waals surface area contributed by atoms with Crippen LogP contribution in [-0.4, -0.2) is 42.3 Å². The van der Waals surface area contributed by atoms with Crippen molar-refractivity contribution in [2.75, 3.05) is 17.6 Å². The first-order chi connectivity index (χ1) is 10.4. The van der Waals surface area contributed by atoms with E-state index in [0.717, 1.165) is 0 Å². The van der Waals surface area contributed by atoms with Gasteiger partial charge in [0.25, 0.3) is 15.9 Å². The molecule has 22 heavy (non-hydrogen) atoms. The third-order valence-corrected chi connectivity index (χ3v) is 4.44. The summed E-state index contributed by atoms with van der Waals surface area (Å²) < 4.78 is 27.0. The number of aromatic nitrogens is 1. The first kappa shape index (κ1) is 14.7. The molecule has 1 aromatic rings. The van der Waals surface area contributed by atoms with E-state index in [1.165, 1.54) is 12.3 Å². The number of halogens is 1. The molecule has 3 rings (SSSR count). The average molecular weight is 339 g/mol. The van der Waals surface area contributed by atoms with Crippen molar-refractivity contribution in [2.45, 2.75) is 0 Å². The molecule has 2 aliphatic heterocycles. The number of sulfonamides is 1. The summed E-state index contributed by atoms with van der Waals surface area (Å²) in [4.78, 5) is 17.9. The molecule has 9 heteroatoms. The SMILES string of the molecule is O=C(Nc1ccc(Cl)cn1)C1=CC=CN2CCS(=O)(=O)N=C12. The largest absolute Gasteiger partial charge is 0.331 e. The van der Waals surface area contributed by atoms with Crippen molar-refractivity contribution in [3.05, 3.63) is 47.3 Å². The Bertz CT molecular complexity index is 812. The van der Waals surface area contributed by atoms with Crippen molar-refractivity contribution in [2.24, 2.45) is 4.40 Å². The Labute approximate surface area is 132 Å². The zero-order chi connectivity index (χ0) is 15.7. The molecule has 0 atom stereocenters.